The Morgan fingerprint density at radius 3 is 2.30 bits per heavy atom. The quantitative estimate of drug-likeness (QED) is 0.541. The van der Waals surface area contributed by atoms with Gasteiger partial charge in [-0.1, -0.05) is 50.8 Å². The Labute approximate surface area is 138 Å². The van der Waals surface area contributed by atoms with Crippen LogP contribution in [0.1, 0.15) is 44.6 Å². The van der Waals surface area contributed by atoms with Crippen LogP contribution in [0.5, 0.6) is 5.75 Å². The lowest BCUT2D eigenvalue weighted by Crippen LogP contribution is -2.00. The summed E-state index contributed by atoms with van der Waals surface area (Å²) >= 11 is 0. The molecule has 2 aromatic rings. The van der Waals surface area contributed by atoms with Crippen molar-refractivity contribution in [2.24, 2.45) is 0 Å². The molecule has 0 saturated carbocycles. The fraction of sp³-hybridized carbons (Fsp3) is 0.350. The van der Waals surface area contributed by atoms with E-state index in [1.807, 2.05) is 42.5 Å². The lowest BCUT2D eigenvalue weighted by atomic mass is 10.0. The summed E-state index contributed by atoms with van der Waals surface area (Å²) in [7, 11) is 0. The van der Waals surface area contributed by atoms with E-state index in [2.05, 4.69) is 13.0 Å². The summed E-state index contributed by atoms with van der Waals surface area (Å²) in [5.41, 5.74) is 9.48. The van der Waals surface area contributed by atoms with E-state index in [-0.39, 0.29) is 0 Å². The van der Waals surface area contributed by atoms with Crippen molar-refractivity contribution in [3.8, 4) is 22.9 Å². The van der Waals surface area contributed by atoms with Crippen LogP contribution in [0.25, 0.3) is 11.1 Å². The topological polar surface area (TPSA) is 59.0 Å². The molecule has 0 aromatic heterocycles. The molecule has 0 saturated heterocycles. The van der Waals surface area contributed by atoms with Crippen molar-refractivity contribution in [2.45, 2.75) is 39.0 Å². The van der Waals surface area contributed by atoms with E-state index in [9.17, 15) is 0 Å². The number of nitrogens with zero attached hydrogens (tertiary/aromatic N) is 1. The second kappa shape index (κ2) is 8.85. The van der Waals surface area contributed by atoms with Crippen molar-refractivity contribution in [1.29, 1.82) is 5.26 Å². The van der Waals surface area contributed by atoms with Crippen LogP contribution in [-0.4, -0.2) is 6.61 Å². The molecule has 0 spiro atoms. The van der Waals surface area contributed by atoms with E-state index >= 15 is 0 Å². The molecular weight excluding hydrogens is 284 g/mol. The molecule has 0 radical (unpaired) electrons. The highest BCUT2D eigenvalue weighted by Crippen LogP contribution is 2.29. The summed E-state index contributed by atoms with van der Waals surface area (Å²) in [5, 5.41) is 8.84. The van der Waals surface area contributed by atoms with Gasteiger partial charge in [-0.2, -0.15) is 5.26 Å². The number of hydrogen-bond donors (Lipinski definition) is 1. The van der Waals surface area contributed by atoms with Gasteiger partial charge in [0.15, 0.2) is 0 Å². The number of nitrogen functional groups attached to an aromatic ring is 1. The number of rotatable bonds is 8. The highest BCUT2D eigenvalue weighted by atomic mass is 16.5. The monoisotopic (exact) mass is 308 g/mol. The van der Waals surface area contributed by atoms with Crippen LogP contribution in [0.3, 0.4) is 0 Å². The number of anilines is 1. The molecule has 0 bridgehead atoms. The highest BCUT2D eigenvalue weighted by Gasteiger charge is 2.04. The molecule has 0 heterocycles. The number of unbranched alkanes of at least 4 members (excludes halogenated alkanes) is 4. The molecule has 0 atom stereocenters. The summed E-state index contributed by atoms with van der Waals surface area (Å²) in [5.74, 6) is 0.748. The van der Waals surface area contributed by atoms with Gasteiger partial charge in [-0.25, -0.2) is 0 Å². The second-order valence-electron chi connectivity index (χ2n) is 5.70. The third-order valence-corrected chi connectivity index (χ3v) is 3.86. The van der Waals surface area contributed by atoms with E-state index < -0.39 is 0 Å². The zero-order chi connectivity index (χ0) is 16.5. The van der Waals surface area contributed by atoms with E-state index in [1.165, 1.54) is 25.7 Å². The second-order valence-corrected chi connectivity index (χ2v) is 5.70. The third-order valence-electron chi connectivity index (χ3n) is 3.86. The maximum absolute atomic E-state index is 8.84. The Hall–Kier alpha value is -2.47. The van der Waals surface area contributed by atoms with Gasteiger partial charge in [0.25, 0.3) is 0 Å². The Morgan fingerprint density at radius 1 is 0.957 bits per heavy atom. The van der Waals surface area contributed by atoms with Crippen LogP contribution < -0.4 is 10.5 Å². The Morgan fingerprint density at radius 2 is 1.65 bits per heavy atom. The first-order valence-electron chi connectivity index (χ1n) is 8.27. The van der Waals surface area contributed by atoms with Crippen LogP contribution in [0, 0.1) is 11.3 Å². The SMILES string of the molecule is CCCCCCCOc1ccc(-c2ccc(C#N)cc2)cc1N. The maximum atomic E-state index is 8.84. The molecule has 0 fully saturated rings. The largest absolute Gasteiger partial charge is 0.491 e. The normalized spacial score (nSPS) is 10.3. The zero-order valence-corrected chi connectivity index (χ0v) is 13.7. The first kappa shape index (κ1) is 16.9. The van der Waals surface area contributed by atoms with Crippen molar-refractivity contribution < 1.29 is 4.74 Å². The van der Waals surface area contributed by atoms with Crippen molar-refractivity contribution in [1.82, 2.24) is 0 Å². The van der Waals surface area contributed by atoms with Crippen LogP contribution in [0.2, 0.25) is 0 Å². The third kappa shape index (κ3) is 5.03. The van der Waals surface area contributed by atoms with E-state index in [0.717, 1.165) is 23.3 Å². The number of nitriles is 1. The first-order chi connectivity index (χ1) is 11.2. The molecule has 3 nitrogen and oxygen atoms in total. The minimum Gasteiger partial charge on any atom is -0.491 e. The average Bonchev–Trinajstić information content (AvgIpc) is 2.59. The molecule has 2 rings (SSSR count). The molecule has 0 unspecified atom stereocenters. The van der Waals surface area contributed by atoms with Gasteiger partial charge < -0.3 is 10.5 Å². The van der Waals surface area contributed by atoms with Gasteiger partial charge in [-0.05, 0) is 41.8 Å². The standard InChI is InChI=1S/C20H24N2O/c1-2-3-4-5-6-13-23-20-12-11-18(14-19(20)22)17-9-7-16(15-21)8-10-17/h7-12,14H,2-6,13,22H2,1H3. The summed E-state index contributed by atoms with van der Waals surface area (Å²) in [6.07, 6.45) is 6.09. The van der Waals surface area contributed by atoms with Gasteiger partial charge in [0.05, 0.1) is 23.9 Å². The van der Waals surface area contributed by atoms with Crippen LogP contribution in [0.15, 0.2) is 42.5 Å². The Balaban J connectivity index is 1.93. The van der Waals surface area contributed by atoms with Gasteiger partial charge in [0, 0.05) is 0 Å². The molecule has 2 aromatic carbocycles. The number of nitrogens with two attached hydrogens (primary N) is 1. The number of benzene rings is 2. The molecule has 3 heteroatoms. The zero-order valence-electron chi connectivity index (χ0n) is 13.7. The fourth-order valence-electron chi connectivity index (χ4n) is 2.48. The van der Waals surface area contributed by atoms with Gasteiger partial charge >= 0.3 is 0 Å². The Bertz CT molecular complexity index is 656. The molecule has 120 valence electrons. The summed E-state index contributed by atoms with van der Waals surface area (Å²) in [6, 6.07) is 15.5. The van der Waals surface area contributed by atoms with Gasteiger partial charge in [0.1, 0.15) is 5.75 Å². The van der Waals surface area contributed by atoms with E-state index in [0.29, 0.717) is 17.9 Å². The lowest BCUT2D eigenvalue weighted by Gasteiger charge is -2.11. The summed E-state index contributed by atoms with van der Waals surface area (Å²) in [6.45, 7) is 2.93. The van der Waals surface area contributed by atoms with Gasteiger partial charge in [0.2, 0.25) is 0 Å². The average molecular weight is 308 g/mol. The minimum absolute atomic E-state index is 0.653. The predicted molar refractivity (Wildman–Crippen MR) is 95.3 cm³/mol. The van der Waals surface area contributed by atoms with Crippen molar-refractivity contribution in [3.63, 3.8) is 0 Å². The maximum Gasteiger partial charge on any atom is 0.142 e. The first-order valence-corrected chi connectivity index (χ1v) is 8.27. The van der Waals surface area contributed by atoms with Crippen molar-refractivity contribution >= 4 is 5.69 Å². The van der Waals surface area contributed by atoms with Gasteiger partial charge in [-0.15, -0.1) is 0 Å². The molecule has 0 aliphatic heterocycles. The lowest BCUT2D eigenvalue weighted by molar-refractivity contribution is 0.306. The number of hydrogen-bond acceptors (Lipinski definition) is 3. The molecule has 0 amide bonds. The van der Waals surface area contributed by atoms with Crippen LogP contribution >= 0.6 is 0 Å². The van der Waals surface area contributed by atoms with E-state index in [4.69, 9.17) is 15.7 Å². The van der Waals surface area contributed by atoms with Gasteiger partial charge in [-0.3, -0.25) is 0 Å². The highest BCUT2D eigenvalue weighted by molar-refractivity contribution is 5.71. The van der Waals surface area contributed by atoms with Crippen LogP contribution in [0.4, 0.5) is 5.69 Å². The number of ether oxygens (including phenoxy) is 1. The van der Waals surface area contributed by atoms with Crippen LogP contribution in [-0.2, 0) is 0 Å². The molecule has 2 N–H and O–H groups in total. The fourth-order valence-corrected chi connectivity index (χ4v) is 2.48. The molecule has 0 aliphatic rings. The summed E-state index contributed by atoms with van der Waals surface area (Å²) < 4.78 is 5.78. The van der Waals surface area contributed by atoms with Crippen molar-refractivity contribution in [2.75, 3.05) is 12.3 Å². The smallest absolute Gasteiger partial charge is 0.142 e. The summed E-state index contributed by atoms with van der Waals surface area (Å²) in [4.78, 5) is 0. The van der Waals surface area contributed by atoms with Crippen molar-refractivity contribution in [3.05, 3.63) is 48.0 Å². The minimum atomic E-state index is 0.653. The Kier molecular flexibility index (Phi) is 6.50. The molecule has 0 aliphatic carbocycles. The van der Waals surface area contributed by atoms with E-state index in [1.54, 1.807) is 0 Å². The predicted octanol–water partition coefficient (Wildman–Crippen LogP) is 5.16. The molecule has 23 heavy (non-hydrogen) atoms. The molecular formula is C20H24N2O.